The summed E-state index contributed by atoms with van der Waals surface area (Å²) in [6.45, 7) is 3.01. The lowest BCUT2D eigenvalue weighted by Crippen LogP contribution is -2.26. The van der Waals surface area contributed by atoms with Crippen LogP contribution >= 0.6 is 11.3 Å². The lowest BCUT2D eigenvalue weighted by Gasteiger charge is -2.14. The molecule has 0 unspecified atom stereocenters. The molecular weight excluding hydrogens is 316 g/mol. The Kier molecular flexibility index (Phi) is 4.97. The molecule has 0 atom stereocenters. The first-order chi connectivity index (χ1) is 10.8. The van der Waals surface area contributed by atoms with E-state index in [0.29, 0.717) is 21.3 Å². The second-order valence-corrected chi connectivity index (χ2v) is 6.00. The number of aromatic nitrogens is 2. The largest absolute Gasteiger partial charge is 0.324 e. The summed E-state index contributed by atoms with van der Waals surface area (Å²) < 4.78 is 0. The zero-order valence-corrected chi connectivity index (χ0v) is 13.8. The number of nitrogens with two attached hydrogens (primary N) is 1. The highest BCUT2D eigenvalue weighted by atomic mass is 32.1. The summed E-state index contributed by atoms with van der Waals surface area (Å²) in [5.41, 5.74) is 6.36. The second kappa shape index (κ2) is 6.76. The van der Waals surface area contributed by atoms with Crippen molar-refractivity contribution < 1.29 is 14.4 Å². The minimum atomic E-state index is -0.379. The van der Waals surface area contributed by atoms with E-state index in [0.717, 1.165) is 0 Å². The van der Waals surface area contributed by atoms with E-state index in [1.54, 1.807) is 7.05 Å². The van der Waals surface area contributed by atoms with Gasteiger partial charge in [0.05, 0.1) is 0 Å². The Bertz CT molecular complexity index is 753. The van der Waals surface area contributed by atoms with Crippen molar-refractivity contribution in [2.45, 2.75) is 20.4 Å². The van der Waals surface area contributed by atoms with Crippen LogP contribution in [-0.4, -0.2) is 34.7 Å². The average molecular weight is 332 g/mol. The number of hydrogen-bond acceptors (Lipinski definition) is 7. The first-order valence-corrected chi connectivity index (χ1v) is 7.62. The Morgan fingerprint density at radius 3 is 2.00 bits per heavy atom. The van der Waals surface area contributed by atoms with Gasteiger partial charge in [-0.15, -0.1) is 10.2 Å². The van der Waals surface area contributed by atoms with Crippen molar-refractivity contribution >= 4 is 33.9 Å². The lowest BCUT2D eigenvalue weighted by molar-refractivity contribution is 0.0992. The van der Waals surface area contributed by atoms with Crippen molar-refractivity contribution in [3.8, 4) is 0 Å². The number of Topliss-reactive ketones (excluding diaryl/α,β-unsaturated/α-hetero) is 2. The number of anilines is 1. The van der Waals surface area contributed by atoms with E-state index in [-0.39, 0.29) is 29.6 Å². The Labute approximate surface area is 137 Å². The van der Waals surface area contributed by atoms with Gasteiger partial charge in [-0.3, -0.25) is 19.3 Å². The molecule has 0 aliphatic carbocycles. The van der Waals surface area contributed by atoms with Gasteiger partial charge in [-0.1, -0.05) is 11.3 Å². The number of hydrogen-bond donors (Lipinski definition) is 1. The maximum absolute atomic E-state index is 12.6. The van der Waals surface area contributed by atoms with E-state index < -0.39 is 0 Å². The third kappa shape index (κ3) is 3.66. The molecule has 7 nitrogen and oxygen atoms in total. The number of ketones is 2. The minimum Gasteiger partial charge on any atom is -0.324 e. The average Bonchev–Trinajstić information content (AvgIpc) is 3.01. The number of amides is 1. The first-order valence-electron chi connectivity index (χ1n) is 6.81. The van der Waals surface area contributed by atoms with Gasteiger partial charge in [0.1, 0.15) is 5.01 Å². The molecule has 0 radical (unpaired) electrons. The fourth-order valence-electron chi connectivity index (χ4n) is 1.90. The molecule has 0 fully saturated rings. The molecule has 0 saturated carbocycles. The highest BCUT2D eigenvalue weighted by Gasteiger charge is 2.20. The molecule has 8 heteroatoms. The summed E-state index contributed by atoms with van der Waals surface area (Å²) in [4.78, 5) is 37.1. The van der Waals surface area contributed by atoms with E-state index in [1.807, 2.05) is 0 Å². The lowest BCUT2D eigenvalue weighted by atomic mass is 10.0. The molecule has 0 spiro atoms. The van der Waals surface area contributed by atoms with Crippen molar-refractivity contribution in [3.05, 3.63) is 39.9 Å². The summed E-state index contributed by atoms with van der Waals surface area (Å²) in [5, 5.41) is 8.78. The zero-order chi connectivity index (χ0) is 17.1. The van der Waals surface area contributed by atoms with Crippen LogP contribution in [0.5, 0.6) is 0 Å². The molecule has 0 aliphatic rings. The number of carbonyl (C=O) groups excluding carboxylic acids is 3. The molecule has 23 heavy (non-hydrogen) atoms. The van der Waals surface area contributed by atoms with E-state index in [9.17, 15) is 14.4 Å². The molecule has 1 aromatic heterocycles. The summed E-state index contributed by atoms with van der Waals surface area (Å²) in [7, 11) is 1.55. The molecule has 0 saturated heterocycles. The number of carbonyl (C=O) groups is 3. The van der Waals surface area contributed by atoms with Crippen LogP contribution in [0.3, 0.4) is 0 Å². The van der Waals surface area contributed by atoms with Gasteiger partial charge < -0.3 is 5.73 Å². The fourth-order valence-corrected chi connectivity index (χ4v) is 2.58. The van der Waals surface area contributed by atoms with Crippen LogP contribution in [0.4, 0.5) is 5.13 Å². The van der Waals surface area contributed by atoms with Gasteiger partial charge in [-0.05, 0) is 32.0 Å². The van der Waals surface area contributed by atoms with Crippen LogP contribution in [0, 0.1) is 0 Å². The van der Waals surface area contributed by atoms with Gasteiger partial charge >= 0.3 is 0 Å². The molecule has 1 amide bonds. The molecule has 2 N–H and O–H groups in total. The normalized spacial score (nSPS) is 10.4. The zero-order valence-electron chi connectivity index (χ0n) is 13.0. The highest BCUT2D eigenvalue weighted by Crippen LogP contribution is 2.21. The molecule has 0 aliphatic heterocycles. The van der Waals surface area contributed by atoms with Crippen molar-refractivity contribution in [3.63, 3.8) is 0 Å². The van der Waals surface area contributed by atoms with Crippen LogP contribution in [-0.2, 0) is 6.54 Å². The van der Waals surface area contributed by atoms with Gasteiger partial charge in [-0.2, -0.15) is 0 Å². The number of rotatable bonds is 5. The van der Waals surface area contributed by atoms with Gasteiger partial charge in [0.15, 0.2) is 11.6 Å². The predicted octanol–water partition coefficient (Wildman–Crippen LogP) is 1.68. The smallest absolute Gasteiger partial charge is 0.259 e. The Balaban J connectivity index is 2.41. The van der Waals surface area contributed by atoms with Gasteiger partial charge in [0.2, 0.25) is 5.13 Å². The van der Waals surface area contributed by atoms with Crippen molar-refractivity contribution in [1.29, 1.82) is 0 Å². The predicted molar refractivity (Wildman–Crippen MR) is 87.0 cm³/mol. The standard InChI is InChI=1S/C15H16N4O3S/c1-8(20)10-4-11(9(2)21)6-12(5-10)14(22)19(3)15-18-17-13(7-16)23-15/h4-6H,7,16H2,1-3H3. The molecule has 2 aromatic rings. The van der Waals surface area contributed by atoms with Crippen LogP contribution in [0.2, 0.25) is 0 Å². The van der Waals surface area contributed by atoms with Crippen LogP contribution in [0.25, 0.3) is 0 Å². The van der Waals surface area contributed by atoms with Gasteiger partial charge in [0, 0.05) is 30.3 Å². The number of nitrogens with zero attached hydrogens (tertiary/aromatic N) is 3. The molecule has 120 valence electrons. The summed E-state index contributed by atoms with van der Waals surface area (Å²) in [6, 6.07) is 4.43. The fraction of sp³-hybridized carbons (Fsp3) is 0.267. The quantitative estimate of drug-likeness (QED) is 0.835. The van der Waals surface area contributed by atoms with E-state index in [1.165, 1.54) is 48.3 Å². The number of benzene rings is 1. The molecule has 2 rings (SSSR count). The summed E-state index contributed by atoms with van der Waals surface area (Å²) >= 11 is 1.21. The van der Waals surface area contributed by atoms with Crippen molar-refractivity contribution in [2.75, 3.05) is 11.9 Å². The van der Waals surface area contributed by atoms with Crippen LogP contribution < -0.4 is 10.6 Å². The summed E-state index contributed by atoms with van der Waals surface area (Å²) in [5.74, 6) is -0.812. The Morgan fingerprint density at radius 1 is 1.04 bits per heavy atom. The maximum Gasteiger partial charge on any atom is 0.259 e. The topological polar surface area (TPSA) is 106 Å². The minimum absolute atomic E-state index is 0.217. The Hall–Kier alpha value is -2.45. The van der Waals surface area contributed by atoms with E-state index >= 15 is 0 Å². The third-order valence-corrected chi connectivity index (χ3v) is 4.24. The van der Waals surface area contributed by atoms with Crippen molar-refractivity contribution in [1.82, 2.24) is 10.2 Å². The summed E-state index contributed by atoms with van der Waals surface area (Å²) in [6.07, 6.45) is 0. The monoisotopic (exact) mass is 332 g/mol. The van der Waals surface area contributed by atoms with Crippen molar-refractivity contribution in [2.24, 2.45) is 5.73 Å². The van der Waals surface area contributed by atoms with Gasteiger partial charge in [-0.25, -0.2) is 0 Å². The third-order valence-electron chi connectivity index (χ3n) is 3.22. The van der Waals surface area contributed by atoms with E-state index in [2.05, 4.69) is 10.2 Å². The molecule has 1 heterocycles. The van der Waals surface area contributed by atoms with E-state index in [4.69, 9.17) is 5.73 Å². The first kappa shape index (κ1) is 16.9. The Morgan fingerprint density at radius 2 is 1.57 bits per heavy atom. The van der Waals surface area contributed by atoms with Gasteiger partial charge in [0.25, 0.3) is 5.91 Å². The molecule has 1 aromatic carbocycles. The maximum atomic E-state index is 12.6. The van der Waals surface area contributed by atoms with Crippen LogP contribution in [0.15, 0.2) is 18.2 Å². The molecular formula is C15H16N4O3S. The second-order valence-electron chi connectivity index (χ2n) is 4.96. The highest BCUT2D eigenvalue weighted by molar-refractivity contribution is 7.15. The van der Waals surface area contributed by atoms with Crippen LogP contribution in [0.1, 0.15) is 49.9 Å². The SMILES string of the molecule is CC(=O)c1cc(C(C)=O)cc(C(=O)N(C)c2nnc(CN)s2)c1. The molecule has 0 bridgehead atoms.